The Balaban J connectivity index is 1.85. The lowest BCUT2D eigenvalue weighted by Crippen LogP contribution is -1.97. The molecule has 0 aromatic heterocycles. The van der Waals surface area contributed by atoms with E-state index in [-0.39, 0.29) is 0 Å². The summed E-state index contributed by atoms with van der Waals surface area (Å²) in [7, 11) is 0. The van der Waals surface area contributed by atoms with Crippen LogP contribution in [0.3, 0.4) is 0 Å². The molecule has 3 aromatic rings. The van der Waals surface area contributed by atoms with Gasteiger partial charge in [-0.15, -0.1) is 0 Å². The van der Waals surface area contributed by atoms with E-state index in [4.69, 9.17) is 4.74 Å². The lowest BCUT2D eigenvalue weighted by Gasteiger charge is -2.12. The van der Waals surface area contributed by atoms with Crippen LogP contribution in [0.1, 0.15) is 22.3 Å². The van der Waals surface area contributed by atoms with Gasteiger partial charge in [-0.3, -0.25) is 0 Å². The fraction of sp³-hybridized carbons (Fsp3) is 0.0870. The number of hydrogen-bond donors (Lipinski definition) is 0. The highest BCUT2D eigenvalue weighted by Crippen LogP contribution is 2.36. The van der Waals surface area contributed by atoms with E-state index in [1.54, 1.807) is 0 Å². The van der Waals surface area contributed by atoms with Crippen LogP contribution in [0, 0.1) is 18.3 Å². The zero-order valence-corrected chi connectivity index (χ0v) is 17.9. The molecule has 0 aliphatic rings. The van der Waals surface area contributed by atoms with E-state index in [0.717, 1.165) is 31.4 Å². The minimum absolute atomic E-state index is 0.486. The van der Waals surface area contributed by atoms with Crippen molar-refractivity contribution in [3.63, 3.8) is 0 Å². The third-order valence-electron chi connectivity index (χ3n) is 4.04. The summed E-state index contributed by atoms with van der Waals surface area (Å²) in [6, 6.07) is 24.2. The van der Waals surface area contributed by atoms with Crippen molar-refractivity contribution in [2.75, 3.05) is 0 Å². The molecule has 4 heteroatoms. The molecular weight excluding hydrogens is 466 g/mol. The van der Waals surface area contributed by atoms with Crippen molar-refractivity contribution in [1.29, 1.82) is 5.26 Å². The maximum Gasteiger partial charge on any atom is 0.148 e. The number of hydrogen-bond acceptors (Lipinski definition) is 2. The molecule has 0 amide bonds. The van der Waals surface area contributed by atoms with Crippen LogP contribution in [-0.2, 0) is 6.61 Å². The minimum Gasteiger partial charge on any atom is -0.487 e. The zero-order valence-electron chi connectivity index (χ0n) is 14.7. The minimum atomic E-state index is 0.486. The zero-order chi connectivity index (χ0) is 19.2. The molecular formula is C23H17Br2NO. The maximum absolute atomic E-state index is 9.55. The van der Waals surface area contributed by atoms with Gasteiger partial charge in [0.1, 0.15) is 12.4 Å². The molecule has 0 N–H and O–H groups in total. The van der Waals surface area contributed by atoms with Gasteiger partial charge in [-0.25, -0.2) is 0 Å². The van der Waals surface area contributed by atoms with Crippen molar-refractivity contribution in [1.82, 2.24) is 0 Å². The van der Waals surface area contributed by atoms with Gasteiger partial charge < -0.3 is 4.74 Å². The van der Waals surface area contributed by atoms with Gasteiger partial charge in [0, 0.05) is 0 Å². The quantitative estimate of drug-likeness (QED) is 0.285. The average molecular weight is 483 g/mol. The molecule has 0 fully saturated rings. The molecule has 0 bridgehead atoms. The van der Waals surface area contributed by atoms with Crippen molar-refractivity contribution in [2.24, 2.45) is 0 Å². The first-order chi connectivity index (χ1) is 13.1. The summed E-state index contributed by atoms with van der Waals surface area (Å²) in [5.74, 6) is 0.741. The summed E-state index contributed by atoms with van der Waals surface area (Å²) in [5, 5.41) is 9.55. The third-order valence-corrected chi connectivity index (χ3v) is 5.22. The number of nitrogens with zero attached hydrogens (tertiary/aromatic N) is 1. The summed E-state index contributed by atoms with van der Waals surface area (Å²) in [4.78, 5) is 0. The summed E-state index contributed by atoms with van der Waals surface area (Å²) in [5.41, 5.74) is 4.71. The Kier molecular flexibility index (Phi) is 6.49. The van der Waals surface area contributed by atoms with Crippen LogP contribution in [0.4, 0.5) is 0 Å². The van der Waals surface area contributed by atoms with E-state index >= 15 is 0 Å². The second-order valence-electron chi connectivity index (χ2n) is 6.12. The Labute approximate surface area is 176 Å². The first-order valence-electron chi connectivity index (χ1n) is 8.41. The Morgan fingerprint density at radius 1 is 1.00 bits per heavy atom. The van der Waals surface area contributed by atoms with Crippen molar-refractivity contribution in [3.05, 3.63) is 97.9 Å². The summed E-state index contributed by atoms with van der Waals surface area (Å²) in [6.45, 7) is 2.52. The Hall–Kier alpha value is -2.35. The van der Waals surface area contributed by atoms with E-state index in [1.165, 1.54) is 5.56 Å². The molecule has 3 aromatic carbocycles. The molecule has 0 spiro atoms. The molecule has 0 unspecified atom stereocenters. The van der Waals surface area contributed by atoms with E-state index in [1.807, 2.05) is 79.7 Å². The molecule has 0 saturated heterocycles. The van der Waals surface area contributed by atoms with Gasteiger partial charge >= 0.3 is 0 Å². The van der Waals surface area contributed by atoms with Gasteiger partial charge in [0.15, 0.2) is 0 Å². The third kappa shape index (κ3) is 5.09. The topological polar surface area (TPSA) is 33.0 Å². The average Bonchev–Trinajstić information content (AvgIpc) is 2.67. The molecule has 0 saturated carbocycles. The van der Waals surface area contributed by atoms with Gasteiger partial charge in [-0.05, 0) is 73.7 Å². The predicted octanol–water partition coefficient (Wildman–Crippen LogP) is 7.16. The normalized spacial score (nSPS) is 11.1. The first-order valence-corrected chi connectivity index (χ1v) is 10.00. The second-order valence-corrected chi connectivity index (χ2v) is 7.83. The largest absolute Gasteiger partial charge is 0.487 e. The van der Waals surface area contributed by atoms with Crippen molar-refractivity contribution in [2.45, 2.75) is 13.5 Å². The van der Waals surface area contributed by atoms with E-state index in [0.29, 0.717) is 12.2 Å². The fourth-order valence-corrected chi connectivity index (χ4v) is 4.06. The Bertz CT molecular complexity index is 980. The molecule has 0 aliphatic heterocycles. The Morgan fingerprint density at radius 2 is 1.63 bits per heavy atom. The number of ether oxygens (including phenoxy) is 1. The fourth-order valence-electron chi connectivity index (χ4n) is 2.61. The molecule has 0 heterocycles. The van der Waals surface area contributed by atoms with Gasteiger partial charge in [-0.1, -0.05) is 60.2 Å². The summed E-state index contributed by atoms with van der Waals surface area (Å²) < 4.78 is 7.63. The van der Waals surface area contributed by atoms with Gasteiger partial charge in [0.05, 0.1) is 20.6 Å². The van der Waals surface area contributed by atoms with Crippen molar-refractivity contribution < 1.29 is 4.74 Å². The van der Waals surface area contributed by atoms with Crippen LogP contribution < -0.4 is 4.74 Å². The van der Waals surface area contributed by atoms with Crippen molar-refractivity contribution in [3.8, 4) is 11.8 Å². The van der Waals surface area contributed by atoms with Gasteiger partial charge in [0.25, 0.3) is 0 Å². The Morgan fingerprint density at radius 3 is 2.22 bits per heavy atom. The highest BCUT2D eigenvalue weighted by Gasteiger charge is 2.10. The maximum atomic E-state index is 9.55. The van der Waals surface area contributed by atoms with Crippen LogP contribution in [0.2, 0.25) is 0 Å². The molecule has 0 aliphatic carbocycles. The van der Waals surface area contributed by atoms with E-state index < -0.39 is 0 Å². The van der Waals surface area contributed by atoms with Crippen LogP contribution >= 0.6 is 31.9 Å². The van der Waals surface area contributed by atoms with E-state index in [2.05, 4.69) is 37.9 Å². The summed E-state index contributed by atoms with van der Waals surface area (Å²) in [6.07, 6.45) is 1.88. The number of aryl methyl sites for hydroxylation is 1. The highest BCUT2D eigenvalue weighted by atomic mass is 79.9. The van der Waals surface area contributed by atoms with Crippen LogP contribution in [-0.4, -0.2) is 0 Å². The molecule has 3 rings (SSSR count). The molecule has 0 atom stereocenters. The SMILES string of the molecule is Cc1ccc(/C(C#N)=C/c2cc(Br)c(OCc3ccccc3)c(Br)c2)cc1. The number of nitriles is 1. The summed E-state index contributed by atoms with van der Waals surface area (Å²) >= 11 is 7.16. The lowest BCUT2D eigenvalue weighted by atomic mass is 10.0. The number of allylic oxidation sites excluding steroid dienone is 1. The highest BCUT2D eigenvalue weighted by molar-refractivity contribution is 9.11. The number of rotatable bonds is 5. The lowest BCUT2D eigenvalue weighted by molar-refractivity contribution is 0.302. The smallest absolute Gasteiger partial charge is 0.148 e. The van der Waals surface area contributed by atoms with Gasteiger partial charge in [-0.2, -0.15) is 5.26 Å². The van der Waals surface area contributed by atoms with Crippen LogP contribution in [0.15, 0.2) is 75.7 Å². The second kappa shape index (κ2) is 9.03. The molecule has 0 radical (unpaired) electrons. The van der Waals surface area contributed by atoms with Crippen LogP contribution in [0.5, 0.6) is 5.75 Å². The van der Waals surface area contributed by atoms with E-state index in [9.17, 15) is 5.26 Å². The van der Waals surface area contributed by atoms with Crippen LogP contribution in [0.25, 0.3) is 11.6 Å². The number of halogens is 2. The molecule has 2 nitrogen and oxygen atoms in total. The first kappa shape index (κ1) is 19.4. The molecule has 134 valence electrons. The monoisotopic (exact) mass is 481 g/mol. The van der Waals surface area contributed by atoms with Crippen molar-refractivity contribution >= 4 is 43.5 Å². The molecule has 27 heavy (non-hydrogen) atoms. The predicted molar refractivity (Wildman–Crippen MR) is 117 cm³/mol. The standard InChI is InChI=1S/C23H17Br2NO/c1-16-7-9-19(10-8-16)20(14-26)11-18-12-21(24)23(22(25)13-18)27-15-17-5-3-2-4-6-17/h2-13H,15H2,1H3/b20-11+. The van der Waals surface area contributed by atoms with Gasteiger partial charge in [0.2, 0.25) is 0 Å². The number of benzene rings is 3.